The van der Waals surface area contributed by atoms with Gasteiger partial charge in [-0.1, -0.05) is 38.6 Å². The lowest BCUT2D eigenvalue weighted by Crippen LogP contribution is -2.42. The molecular weight excluding hydrogens is 478 g/mol. The van der Waals surface area contributed by atoms with Gasteiger partial charge in [-0.25, -0.2) is 4.68 Å². The molecule has 8 heteroatoms. The van der Waals surface area contributed by atoms with E-state index < -0.39 is 5.91 Å². The molecule has 198 valence electrons. The number of para-hydroxylation sites is 1. The maximum atomic E-state index is 12.8. The van der Waals surface area contributed by atoms with Crippen LogP contribution in [0.3, 0.4) is 0 Å². The largest absolute Gasteiger partial charge is 0.457 e. The van der Waals surface area contributed by atoms with Crippen molar-refractivity contribution in [1.82, 2.24) is 14.7 Å². The number of carbonyl (C=O) groups excluding carboxylic acids is 2. The Kier molecular flexibility index (Phi) is 7.22. The van der Waals surface area contributed by atoms with Crippen LogP contribution in [0.2, 0.25) is 0 Å². The number of nitrogens with one attached hydrogen (secondary N) is 1. The maximum Gasteiger partial charge on any atom is 0.254 e. The van der Waals surface area contributed by atoms with Crippen LogP contribution in [0.15, 0.2) is 66.7 Å². The fraction of sp³-hybridized carbons (Fsp3) is 0.367. The van der Waals surface area contributed by atoms with Crippen LogP contribution < -0.4 is 15.8 Å². The van der Waals surface area contributed by atoms with Crippen LogP contribution in [0.25, 0.3) is 11.3 Å². The molecule has 2 aliphatic heterocycles. The number of likely N-dealkylation sites (tertiary alicyclic amines) is 1. The van der Waals surface area contributed by atoms with Crippen LogP contribution in [-0.2, 0) is 4.79 Å². The van der Waals surface area contributed by atoms with Crippen LogP contribution in [-0.4, -0.2) is 46.1 Å². The first kappa shape index (κ1) is 25.6. The first-order valence-corrected chi connectivity index (χ1v) is 13.3. The van der Waals surface area contributed by atoms with Crippen LogP contribution in [0.4, 0.5) is 5.82 Å². The predicted octanol–water partition coefficient (Wildman–Crippen LogP) is 5.25. The molecule has 3 N–H and O–H groups in total. The van der Waals surface area contributed by atoms with Gasteiger partial charge in [0.25, 0.3) is 5.91 Å². The lowest BCUT2D eigenvalue weighted by Gasteiger charge is -2.38. The van der Waals surface area contributed by atoms with Gasteiger partial charge in [0.05, 0.1) is 6.04 Å². The smallest absolute Gasteiger partial charge is 0.254 e. The fourth-order valence-electron chi connectivity index (χ4n) is 5.42. The third-order valence-electron chi connectivity index (χ3n) is 7.65. The van der Waals surface area contributed by atoms with Gasteiger partial charge in [-0.05, 0) is 67.5 Å². The van der Waals surface area contributed by atoms with E-state index in [0.717, 1.165) is 37.1 Å². The maximum absolute atomic E-state index is 12.8. The Morgan fingerprint density at radius 1 is 1.03 bits per heavy atom. The van der Waals surface area contributed by atoms with E-state index in [2.05, 4.69) is 11.9 Å². The number of hydrogen-bond donors (Lipinski definition) is 2. The molecule has 2 aliphatic rings. The summed E-state index contributed by atoms with van der Waals surface area (Å²) >= 11 is 0. The Labute approximate surface area is 223 Å². The zero-order valence-electron chi connectivity index (χ0n) is 22.0. The average molecular weight is 514 g/mol. The van der Waals surface area contributed by atoms with Gasteiger partial charge in [0, 0.05) is 30.8 Å². The van der Waals surface area contributed by atoms with E-state index in [4.69, 9.17) is 15.6 Å². The second-order valence-electron chi connectivity index (χ2n) is 10.4. The van der Waals surface area contributed by atoms with Gasteiger partial charge >= 0.3 is 0 Å². The summed E-state index contributed by atoms with van der Waals surface area (Å²) in [6.45, 7) is 10.1. The Hall–Kier alpha value is -4.07. The molecule has 1 saturated heterocycles. The highest BCUT2D eigenvalue weighted by Gasteiger charge is 2.36. The van der Waals surface area contributed by atoms with Gasteiger partial charge in [-0.15, -0.1) is 0 Å². The number of primary amides is 1. The highest BCUT2D eigenvalue weighted by atomic mass is 16.5. The number of fused-ring (bicyclic) bond motifs is 1. The molecule has 5 rings (SSSR count). The van der Waals surface area contributed by atoms with Gasteiger partial charge in [0.2, 0.25) is 5.91 Å². The number of piperidine rings is 1. The normalized spacial score (nSPS) is 17.6. The number of amides is 2. The van der Waals surface area contributed by atoms with E-state index in [1.807, 2.05) is 78.0 Å². The number of nitrogens with two attached hydrogens (primary N) is 1. The van der Waals surface area contributed by atoms with Gasteiger partial charge < -0.3 is 20.7 Å². The molecule has 0 radical (unpaired) electrons. The Balaban J connectivity index is 1.37. The monoisotopic (exact) mass is 513 g/mol. The summed E-state index contributed by atoms with van der Waals surface area (Å²) < 4.78 is 7.88. The summed E-state index contributed by atoms with van der Waals surface area (Å²) in [7, 11) is 0. The van der Waals surface area contributed by atoms with Gasteiger partial charge in [0.15, 0.2) is 0 Å². The fourth-order valence-corrected chi connectivity index (χ4v) is 5.42. The molecular formula is C30H35N5O3. The number of nitrogens with zero attached hydrogens (tertiary/aromatic N) is 3. The molecule has 0 aliphatic carbocycles. The van der Waals surface area contributed by atoms with Crippen LogP contribution in [0.1, 0.15) is 49.5 Å². The highest BCUT2D eigenvalue weighted by Crippen LogP contribution is 2.40. The van der Waals surface area contributed by atoms with Crippen molar-refractivity contribution in [3.05, 3.63) is 72.3 Å². The summed E-state index contributed by atoms with van der Waals surface area (Å²) in [6.07, 6.45) is 2.66. The standard InChI is InChI=1S/C30H35N5O3/c1-19(2)20(3)30(37)34-17-14-21(15-18-34)25-13-16-32-29-26(28(31)36)27(33-35(25)29)22-9-11-24(12-10-22)38-23-7-5-4-6-8-23/h4-12,19,21,25,32H,3,13-18H2,1-2H3,(H2,31,36). The first-order chi connectivity index (χ1) is 18.3. The number of anilines is 1. The van der Waals surface area contributed by atoms with Crippen molar-refractivity contribution in [2.75, 3.05) is 25.0 Å². The van der Waals surface area contributed by atoms with Crippen molar-refractivity contribution < 1.29 is 14.3 Å². The molecule has 3 heterocycles. The van der Waals surface area contributed by atoms with Crippen molar-refractivity contribution in [3.8, 4) is 22.8 Å². The van der Waals surface area contributed by atoms with Crippen molar-refractivity contribution in [3.63, 3.8) is 0 Å². The number of ether oxygens (including phenoxy) is 1. The van der Waals surface area contributed by atoms with Crippen molar-refractivity contribution in [2.24, 2.45) is 17.6 Å². The lowest BCUT2D eigenvalue weighted by molar-refractivity contribution is -0.129. The van der Waals surface area contributed by atoms with Gasteiger partial charge in [0.1, 0.15) is 28.6 Å². The number of carbonyl (C=O) groups is 2. The number of rotatable bonds is 7. The van der Waals surface area contributed by atoms with Gasteiger partial charge in [-0.3, -0.25) is 9.59 Å². The van der Waals surface area contributed by atoms with Crippen LogP contribution in [0.5, 0.6) is 11.5 Å². The molecule has 38 heavy (non-hydrogen) atoms. The molecule has 3 aromatic rings. The summed E-state index contributed by atoms with van der Waals surface area (Å²) in [5.41, 5.74) is 8.31. The molecule has 0 saturated carbocycles. The minimum absolute atomic E-state index is 0.0570. The second-order valence-corrected chi connectivity index (χ2v) is 10.4. The lowest BCUT2D eigenvalue weighted by atomic mass is 9.86. The molecule has 1 unspecified atom stereocenters. The molecule has 2 amide bonds. The Morgan fingerprint density at radius 2 is 1.68 bits per heavy atom. The Morgan fingerprint density at radius 3 is 2.32 bits per heavy atom. The summed E-state index contributed by atoms with van der Waals surface area (Å²) in [5, 5.41) is 8.30. The van der Waals surface area contributed by atoms with E-state index in [0.29, 0.717) is 47.4 Å². The first-order valence-electron chi connectivity index (χ1n) is 13.3. The minimum Gasteiger partial charge on any atom is -0.457 e. The zero-order valence-corrected chi connectivity index (χ0v) is 22.0. The predicted molar refractivity (Wildman–Crippen MR) is 148 cm³/mol. The number of benzene rings is 2. The molecule has 8 nitrogen and oxygen atoms in total. The van der Waals surface area contributed by atoms with Crippen molar-refractivity contribution in [2.45, 2.75) is 39.2 Å². The molecule has 0 bridgehead atoms. The summed E-state index contributed by atoms with van der Waals surface area (Å²) in [5.74, 6) is 2.17. The summed E-state index contributed by atoms with van der Waals surface area (Å²) in [6, 6.07) is 17.3. The Bertz CT molecular complexity index is 1320. The van der Waals surface area contributed by atoms with E-state index in [-0.39, 0.29) is 17.9 Å². The van der Waals surface area contributed by atoms with Crippen LogP contribution in [0, 0.1) is 11.8 Å². The van der Waals surface area contributed by atoms with E-state index in [1.165, 1.54) is 0 Å². The van der Waals surface area contributed by atoms with Crippen molar-refractivity contribution in [1.29, 1.82) is 0 Å². The highest BCUT2D eigenvalue weighted by molar-refractivity contribution is 6.03. The van der Waals surface area contributed by atoms with E-state index in [1.54, 1.807) is 0 Å². The number of aromatic nitrogens is 2. The zero-order chi connectivity index (χ0) is 26.8. The van der Waals surface area contributed by atoms with Gasteiger partial charge in [-0.2, -0.15) is 5.10 Å². The summed E-state index contributed by atoms with van der Waals surface area (Å²) in [4.78, 5) is 27.3. The topological polar surface area (TPSA) is 102 Å². The molecule has 1 aromatic heterocycles. The molecule has 0 spiro atoms. The third kappa shape index (κ3) is 5.03. The minimum atomic E-state index is -0.508. The van der Waals surface area contributed by atoms with E-state index in [9.17, 15) is 9.59 Å². The number of hydrogen-bond acceptors (Lipinski definition) is 5. The van der Waals surface area contributed by atoms with Crippen LogP contribution >= 0.6 is 0 Å². The third-order valence-corrected chi connectivity index (χ3v) is 7.65. The molecule has 2 aromatic carbocycles. The molecule has 1 fully saturated rings. The quantitative estimate of drug-likeness (QED) is 0.420. The SMILES string of the molecule is C=C(C(=O)N1CCC(C2CCNc3c(C(N)=O)c(-c4ccc(Oc5ccccc5)cc4)nn32)CC1)C(C)C. The average Bonchev–Trinajstić information content (AvgIpc) is 3.33. The van der Waals surface area contributed by atoms with E-state index >= 15 is 0 Å². The second kappa shape index (κ2) is 10.7. The van der Waals surface area contributed by atoms with Crippen molar-refractivity contribution >= 4 is 17.6 Å². The molecule has 1 atom stereocenters.